The fourth-order valence-corrected chi connectivity index (χ4v) is 2.56. The van der Waals surface area contributed by atoms with Crippen molar-refractivity contribution in [3.63, 3.8) is 0 Å². The van der Waals surface area contributed by atoms with E-state index in [1.54, 1.807) is 17.5 Å². The van der Waals surface area contributed by atoms with Crippen molar-refractivity contribution in [2.75, 3.05) is 0 Å². The number of nitrogens with zero attached hydrogens (tertiary/aromatic N) is 1. The third-order valence-electron chi connectivity index (χ3n) is 2.39. The van der Waals surface area contributed by atoms with Gasteiger partial charge < -0.3 is 5.73 Å². The molecule has 0 aliphatic carbocycles. The van der Waals surface area contributed by atoms with Crippen LogP contribution in [0, 0.1) is 5.82 Å². The van der Waals surface area contributed by atoms with E-state index in [9.17, 15) is 9.18 Å². The van der Waals surface area contributed by atoms with Crippen molar-refractivity contribution < 1.29 is 9.18 Å². The number of rotatable bonds is 4. The highest BCUT2D eigenvalue weighted by atomic mass is 79.9. The van der Waals surface area contributed by atoms with Gasteiger partial charge in [0.2, 0.25) is 0 Å². The van der Waals surface area contributed by atoms with Crippen LogP contribution < -0.4 is 5.73 Å². The van der Waals surface area contributed by atoms with Crippen molar-refractivity contribution in [2.45, 2.75) is 13.0 Å². The minimum atomic E-state index is -0.374. The number of nitrogens with two attached hydrogens (primary N) is 1. The van der Waals surface area contributed by atoms with Gasteiger partial charge in [0.1, 0.15) is 16.5 Å². The molecule has 94 valence electrons. The lowest BCUT2D eigenvalue weighted by atomic mass is 10.1. The lowest BCUT2D eigenvalue weighted by Gasteiger charge is -2.03. The van der Waals surface area contributed by atoms with Crippen molar-refractivity contribution in [1.82, 2.24) is 4.98 Å². The van der Waals surface area contributed by atoms with Crippen molar-refractivity contribution in [1.29, 1.82) is 0 Å². The number of carbonyl (C=O) groups excluding carboxylic acids is 1. The van der Waals surface area contributed by atoms with Gasteiger partial charge in [0.25, 0.3) is 0 Å². The summed E-state index contributed by atoms with van der Waals surface area (Å²) in [7, 11) is 0. The van der Waals surface area contributed by atoms with Crippen LogP contribution >= 0.6 is 27.3 Å². The highest BCUT2D eigenvalue weighted by Gasteiger charge is 2.14. The molecule has 0 spiro atoms. The Labute approximate surface area is 116 Å². The summed E-state index contributed by atoms with van der Waals surface area (Å²) >= 11 is 4.49. The topological polar surface area (TPSA) is 56.0 Å². The lowest BCUT2D eigenvalue weighted by Crippen LogP contribution is -2.06. The summed E-state index contributed by atoms with van der Waals surface area (Å²) in [6, 6.07) is 4.63. The van der Waals surface area contributed by atoms with Gasteiger partial charge in [0.15, 0.2) is 5.78 Å². The molecule has 1 heterocycles. The SMILES string of the molecule is NCc1nc(C(=O)Cc2cccc(F)c2Br)cs1. The minimum absolute atomic E-state index is 0.117. The van der Waals surface area contributed by atoms with Gasteiger partial charge in [0.05, 0.1) is 4.47 Å². The smallest absolute Gasteiger partial charge is 0.186 e. The van der Waals surface area contributed by atoms with E-state index in [-0.39, 0.29) is 18.0 Å². The number of benzene rings is 1. The van der Waals surface area contributed by atoms with E-state index in [1.807, 2.05) is 0 Å². The first-order valence-electron chi connectivity index (χ1n) is 5.22. The Morgan fingerprint density at radius 2 is 2.28 bits per heavy atom. The quantitative estimate of drug-likeness (QED) is 0.878. The fraction of sp³-hybridized carbons (Fsp3) is 0.167. The number of halogens is 2. The van der Waals surface area contributed by atoms with E-state index in [2.05, 4.69) is 20.9 Å². The van der Waals surface area contributed by atoms with Crippen LogP contribution in [0.1, 0.15) is 21.1 Å². The summed E-state index contributed by atoms with van der Waals surface area (Å²) in [6.07, 6.45) is 0.117. The van der Waals surface area contributed by atoms with Gasteiger partial charge in [-0.2, -0.15) is 0 Å². The molecule has 0 amide bonds. The molecular weight excluding hydrogens is 319 g/mol. The largest absolute Gasteiger partial charge is 0.325 e. The summed E-state index contributed by atoms with van der Waals surface area (Å²) in [5.74, 6) is -0.515. The highest BCUT2D eigenvalue weighted by Crippen LogP contribution is 2.22. The van der Waals surface area contributed by atoms with Gasteiger partial charge in [-0.25, -0.2) is 9.37 Å². The maximum Gasteiger partial charge on any atom is 0.186 e. The molecule has 18 heavy (non-hydrogen) atoms. The number of carbonyl (C=O) groups is 1. The molecule has 0 bridgehead atoms. The zero-order valence-electron chi connectivity index (χ0n) is 9.32. The first-order chi connectivity index (χ1) is 8.61. The second kappa shape index (κ2) is 5.69. The maximum absolute atomic E-state index is 13.3. The number of thiazole rings is 1. The van der Waals surface area contributed by atoms with Crippen LogP contribution in [0.3, 0.4) is 0 Å². The van der Waals surface area contributed by atoms with E-state index >= 15 is 0 Å². The number of aromatic nitrogens is 1. The average molecular weight is 329 g/mol. The highest BCUT2D eigenvalue weighted by molar-refractivity contribution is 9.10. The molecule has 0 unspecified atom stereocenters. The lowest BCUT2D eigenvalue weighted by molar-refractivity contribution is 0.0988. The van der Waals surface area contributed by atoms with Gasteiger partial charge in [-0.1, -0.05) is 12.1 Å². The standard InChI is InChI=1S/C12H10BrFN2OS/c13-12-7(2-1-3-8(12)14)4-10(17)9-6-18-11(5-15)16-9/h1-3,6H,4-5,15H2. The van der Waals surface area contributed by atoms with Gasteiger partial charge in [-0.3, -0.25) is 4.79 Å². The summed E-state index contributed by atoms with van der Waals surface area (Å²) in [6.45, 7) is 0.321. The summed E-state index contributed by atoms with van der Waals surface area (Å²) in [5.41, 5.74) is 6.44. The van der Waals surface area contributed by atoms with E-state index in [4.69, 9.17) is 5.73 Å². The predicted octanol–water partition coefficient (Wildman–Crippen LogP) is 2.93. The zero-order chi connectivity index (χ0) is 13.1. The molecule has 0 radical (unpaired) electrons. The van der Waals surface area contributed by atoms with Crippen LogP contribution in [-0.4, -0.2) is 10.8 Å². The summed E-state index contributed by atoms with van der Waals surface area (Å²) in [4.78, 5) is 16.1. The minimum Gasteiger partial charge on any atom is -0.325 e. The number of ketones is 1. The van der Waals surface area contributed by atoms with Crippen LogP contribution in [-0.2, 0) is 13.0 Å². The third kappa shape index (κ3) is 2.82. The van der Waals surface area contributed by atoms with Crippen molar-refractivity contribution in [3.8, 4) is 0 Å². The Hall–Kier alpha value is -1.11. The molecular formula is C12H10BrFN2OS. The van der Waals surface area contributed by atoms with E-state index in [0.717, 1.165) is 5.01 Å². The molecule has 0 aliphatic heterocycles. The Morgan fingerprint density at radius 3 is 2.94 bits per heavy atom. The molecule has 0 saturated heterocycles. The molecule has 2 aromatic rings. The molecule has 0 saturated carbocycles. The monoisotopic (exact) mass is 328 g/mol. The third-order valence-corrected chi connectivity index (χ3v) is 4.15. The van der Waals surface area contributed by atoms with Gasteiger partial charge in [-0.05, 0) is 27.6 Å². The molecule has 0 fully saturated rings. The number of hydrogen-bond donors (Lipinski definition) is 1. The molecule has 2 rings (SSSR count). The van der Waals surface area contributed by atoms with E-state index in [1.165, 1.54) is 17.4 Å². The van der Waals surface area contributed by atoms with Crippen LogP contribution in [0.5, 0.6) is 0 Å². The molecule has 3 nitrogen and oxygen atoms in total. The predicted molar refractivity (Wildman–Crippen MR) is 72.1 cm³/mol. The molecule has 0 aliphatic rings. The van der Waals surface area contributed by atoms with Crippen molar-refractivity contribution >= 4 is 33.0 Å². The molecule has 0 atom stereocenters. The summed E-state index contributed by atoms with van der Waals surface area (Å²) < 4.78 is 13.6. The Bertz CT molecular complexity index is 585. The zero-order valence-corrected chi connectivity index (χ0v) is 11.7. The molecule has 6 heteroatoms. The van der Waals surface area contributed by atoms with Gasteiger partial charge in [0, 0.05) is 18.3 Å². The fourth-order valence-electron chi connectivity index (χ4n) is 1.48. The second-order valence-electron chi connectivity index (χ2n) is 3.64. The molecule has 1 aromatic carbocycles. The normalized spacial score (nSPS) is 10.6. The Kier molecular flexibility index (Phi) is 4.21. The van der Waals surface area contributed by atoms with Crippen LogP contribution in [0.25, 0.3) is 0 Å². The Morgan fingerprint density at radius 1 is 1.50 bits per heavy atom. The first kappa shape index (κ1) is 13.3. The van der Waals surface area contributed by atoms with Crippen molar-refractivity contribution in [2.24, 2.45) is 5.73 Å². The Balaban J connectivity index is 2.18. The van der Waals surface area contributed by atoms with E-state index < -0.39 is 0 Å². The second-order valence-corrected chi connectivity index (χ2v) is 5.38. The summed E-state index contributed by atoms with van der Waals surface area (Å²) in [5, 5.41) is 2.40. The van der Waals surface area contributed by atoms with Gasteiger partial charge >= 0.3 is 0 Å². The van der Waals surface area contributed by atoms with Crippen molar-refractivity contribution in [3.05, 3.63) is 50.1 Å². The average Bonchev–Trinajstić information content (AvgIpc) is 2.83. The molecule has 2 N–H and O–H groups in total. The maximum atomic E-state index is 13.3. The van der Waals surface area contributed by atoms with Crippen LogP contribution in [0.4, 0.5) is 4.39 Å². The van der Waals surface area contributed by atoms with Gasteiger partial charge in [-0.15, -0.1) is 11.3 Å². The number of Topliss-reactive ketones (excluding diaryl/α,β-unsaturated/α-hetero) is 1. The van der Waals surface area contributed by atoms with E-state index in [0.29, 0.717) is 22.3 Å². The van der Waals surface area contributed by atoms with Crippen LogP contribution in [0.2, 0.25) is 0 Å². The van der Waals surface area contributed by atoms with Crippen LogP contribution in [0.15, 0.2) is 28.1 Å². The molecule has 1 aromatic heterocycles. The first-order valence-corrected chi connectivity index (χ1v) is 6.89. The number of hydrogen-bond acceptors (Lipinski definition) is 4.